The van der Waals surface area contributed by atoms with E-state index in [-0.39, 0.29) is 5.78 Å². The summed E-state index contributed by atoms with van der Waals surface area (Å²) in [5.41, 5.74) is 5.70. The lowest BCUT2D eigenvalue weighted by Crippen LogP contribution is -2.08. The fraction of sp³-hybridized carbons (Fsp3) is 0.278. The van der Waals surface area contributed by atoms with Crippen LogP contribution >= 0.6 is 0 Å². The van der Waals surface area contributed by atoms with Gasteiger partial charge in [0.25, 0.3) is 0 Å². The number of aromatic nitrogens is 1. The van der Waals surface area contributed by atoms with Crippen molar-refractivity contribution in [2.45, 2.75) is 33.8 Å². The Morgan fingerprint density at radius 1 is 1.18 bits per heavy atom. The molecule has 2 rings (SSSR count). The Morgan fingerprint density at radius 3 is 2.23 bits per heavy atom. The lowest BCUT2D eigenvalue weighted by molar-refractivity contribution is -0.125. The molecule has 1 atom stereocenters. The van der Waals surface area contributed by atoms with E-state index >= 15 is 0 Å². The number of Topliss-reactive ketones (excluding diaryl/α,β-unsaturated/α-hetero) is 1. The first-order valence-electron chi connectivity index (χ1n) is 7.02. The zero-order valence-corrected chi connectivity index (χ0v) is 13.1. The third-order valence-electron chi connectivity index (χ3n) is 3.73. The monoisotopic (exact) mass is 294 g/mol. The molecule has 4 heteroatoms. The predicted octanol–water partition coefficient (Wildman–Crippen LogP) is 3.17. The van der Waals surface area contributed by atoms with Crippen molar-refractivity contribution in [3.63, 3.8) is 0 Å². The highest BCUT2D eigenvalue weighted by Crippen LogP contribution is 2.31. The molecule has 2 aromatic rings. The van der Waals surface area contributed by atoms with Gasteiger partial charge in [0.2, 0.25) is 0 Å². The lowest BCUT2D eigenvalue weighted by Gasteiger charge is -2.15. The van der Waals surface area contributed by atoms with Crippen LogP contribution < -0.4 is 0 Å². The van der Waals surface area contributed by atoms with E-state index in [1.165, 1.54) is 6.92 Å². The summed E-state index contributed by atoms with van der Waals surface area (Å²) in [6.45, 7) is 7.10. The fourth-order valence-electron chi connectivity index (χ4n) is 2.67. The lowest BCUT2D eigenvalue weighted by atomic mass is 9.91. The van der Waals surface area contributed by atoms with E-state index < -0.39 is 6.10 Å². The van der Waals surface area contributed by atoms with E-state index in [1.54, 1.807) is 6.20 Å². The first kappa shape index (κ1) is 15.9. The summed E-state index contributed by atoms with van der Waals surface area (Å²) in [7, 11) is 0. The molecular formula is C18H18N2O2. The third-order valence-corrected chi connectivity index (χ3v) is 3.73. The maximum absolute atomic E-state index is 11.3. The molecule has 0 aliphatic rings. The number of pyridine rings is 1. The van der Waals surface area contributed by atoms with Gasteiger partial charge < -0.3 is 5.11 Å². The molecule has 1 heterocycles. The SMILES string of the molecule is CC(=O)C(O)c1cc(C)c(-c2cnc(C#N)c(C)c2)c(C)c1. The Labute approximate surface area is 130 Å². The number of carbonyl (C=O) groups is 1. The van der Waals surface area contributed by atoms with Gasteiger partial charge in [-0.05, 0) is 61.6 Å². The number of ketones is 1. The van der Waals surface area contributed by atoms with Gasteiger partial charge in [-0.1, -0.05) is 12.1 Å². The number of aryl methyl sites for hydroxylation is 3. The summed E-state index contributed by atoms with van der Waals surface area (Å²) in [5.74, 6) is -0.276. The van der Waals surface area contributed by atoms with Crippen molar-refractivity contribution in [2.75, 3.05) is 0 Å². The van der Waals surface area contributed by atoms with Crippen LogP contribution in [0.1, 0.15) is 41.0 Å². The highest BCUT2D eigenvalue weighted by molar-refractivity contribution is 5.82. The largest absolute Gasteiger partial charge is 0.381 e. The van der Waals surface area contributed by atoms with Gasteiger partial charge in [0, 0.05) is 11.8 Å². The number of carbonyl (C=O) groups excluding carboxylic acids is 1. The predicted molar refractivity (Wildman–Crippen MR) is 84.2 cm³/mol. The minimum absolute atomic E-state index is 0.276. The first-order chi connectivity index (χ1) is 10.3. The highest BCUT2D eigenvalue weighted by Gasteiger charge is 2.16. The molecule has 0 spiro atoms. The highest BCUT2D eigenvalue weighted by atomic mass is 16.3. The Morgan fingerprint density at radius 2 is 1.77 bits per heavy atom. The van der Waals surface area contributed by atoms with E-state index in [0.717, 1.165) is 27.8 Å². The summed E-state index contributed by atoms with van der Waals surface area (Å²) in [5, 5.41) is 18.9. The molecule has 0 aliphatic heterocycles. The van der Waals surface area contributed by atoms with E-state index in [9.17, 15) is 9.90 Å². The zero-order chi connectivity index (χ0) is 16.4. The minimum atomic E-state index is -1.09. The molecule has 1 unspecified atom stereocenters. The normalized spacial score (nSPS) is 11.8. The van der Waals surface area contributed by atoms with Crippen LogP contribution in [0.3, 0.4) is 0 Å². The van der Waals surface area contributed by atoms with Gasteiger partial charge in [0.15, 0.2) is 5.78 Å². The van der Waals surface area contributed by atoms with Gasteiger partial charge >= 0.3 is 0 Å². The molecule has 0 aliphatic carbocycles. The average molecular weight is 294 g/mol. The number of hydrogen-bond donors (Lipinski definition) is 1. The van der Waals surface area contributed by atoms with E-state index in [1.807, 2.05) is 39.0 Å². The summed E-state index contributed by atoms with van der Waals surface area (Å²) in [6, 6.07) is 7.63. The van der Waals surface area contributed by atoms with Crippen LogP contribution in [0, 0.1) is 32.1 Å². The molecule has 0 fully saturated rings. The number of aliphatic hydroxyl groups excluding tert-OH is 1. The number of nitriles is 1. The number of rotatable bonds is 3. The Hall–Kier alpha value is -2.51. The zero-order valence-electron chi connectivity index (χ0n) is 13.1. The molecule has 0 radical (unpaired) electrons. The van der Waals surface area contributed by atoms with Crippen LogP contribution in [-0.2, 0) is 4.79 Å². The summed E-state index contributed by atoms with van der Waals surface area (Å²) in [4.78, 5) is 15.5. The molecule has 112 valence electrons. The molecular weight excluding hydrogens is 276 g/mol. The van der Waals surface area contributed by atoms with E-state index in [2.05, 4.69) is 11.1 Å². The maximum atomic E-state index is 11.3. The van der Waals surface area contributed by atoms with Gasteiger partial charge in [0.1, 0.15) is 17.9 Å². The second-order valence-corrected chi connectivity index (χ2v) is 5.54. The second-order valence-electron chi connectivity index (χ2n) is 5.54. The average Bonchev–Trinajstić information content (AvgIpc) is 2.45. The number of benzene rings is 1. The quantitative estimate of drug-likeness (QED) is 0.943. The maximum Gasteiger partial charge on any atom is 0.162 e. The van der Waals surface area contributed by atoms with Crippen LogP contribution in [0.15, 0.2) is 24.4 Å². The Kier molecular flexibility index (Phi) is 4.39. The van der Waals surface area contributed by atoms with Crippen molar-refractivity contribution in [3.05, 3.63) is 52.3 Å². The van der Waals surface area contributed by atoms with Crippen molar-refractivity contribution in [1.29, 1.82) is 5.26 Å². The van der Waals surface area contributed by atoms with E-state index in [4.69, 9.17) is 5.26 Å². The topological polar surface area (TPSA) is 74.0 Å². The van der Waals surface area contributed by atoms with Crippen molar-refractivity contribution >= 4 is 5.78 Å². The van der Waals surface area contributed by atoms with Crippen LogP contribution in [0.4, 0.5) is 0 Å². The molecule has 4 nitrogen and oxygen atoms in total. The summed E-state index contributed by atoms with van der Waals surface area (Å²) < 4.78 is 0. The molecule has 22 heavy (non-hydrogen) atoms. The number of aliphatic hydroxyl groups is 1. The van der Waals surface area contributed by atoms with Crippen molar-refractivity contribution < 1.29 is 9.90 Å². The van der Waals surface area contributed by atoms with Gasteiger partial charge in [0.05, 0.1) is 0 Å². The van der Waals surface area contributed by atoms with Crippen molar-refractivity contribution in [2.24, 2.45) is 0 Å². The smallest absolute Gasteiger partial charge is 0.162 e. The number of nitrogens with zero attached hydrogens (tertiary/aromatic N) is 2. The molecule has 0 saturated heterocycles. The minimum Gasteiger partial charge on any atom is -0.381 e. The molecule has 1 aromatic heterocycles. The van der Waals surface area contributed by atoms with Gasteiger partial charge in [-0.15, -0.1) is 0 Å². The molecule has 1 N–H and O–H groups in total. The van der Waals surface area contributed by atoms with Crippen LogP contribution in [-0.4, -0.2) is 15.9 Å². The van der Waals surface area contributed by atoms with Crippen molar-refractivity contribution in [3.8, 4) is 17.2 Å². The van der Waals surface area contributed by atoms with Crippen LogP contribution in [0.25, 0.3) is 11.1 Å². The summed E-state index contributed by atoms with van der Waals surface area (Å²) in [6.07, 6.45) is 0.592. The molecule has 0 saturated carbocycles. The van der Waals surface area contributed by atoms with Crippen molar-refractivity contribution in [1.82, 2.24) is 4.98 Å². The summed E-state index contributed by atoms with van der Waals surface area (Å²) >= 11 is 0. The van der Waals surface area contributed by atoms with Crippen LogP contribution in [0.5, 0.6) is 0 Å². The van der Waals surface area contributed by atoms with E-state index in [0.29, 0.717) is 11.3 Å². The second kappa shape index (κ2) is 6.08. The fourth-order valence-corrected chi connectivity index (χ4v) is 2.67. The van der Waals surface area contributed by atoms with Gasteiger partial charge in [-0.25, -0.2) is 4.98 Å². The third kappa shape index (κ3) is 2.90. The molecule has 0 bridgehead atoms. The number of hydrogen-bond acceptors (Lipinski definition) is 4. The van der Waals surface area contributed by atoms with Crippen LogP contribution in [0.2, 0.25) is 0 Å². The first-order valence-corrected chi connectivity index (χ1v) is 7.02. The molecule has 1 aromatic carbocycles. The standard InChI is InChI=1S/C18H18N2O2/c1-10-5-15(9-20-16(10)8-19)17-11(2)6-14(7-12(17)3)18(22)13(4)21/h5-7,9,18,22H,1-4H3. The molecule has 0 amide bonds. The Bertz CT molecular complexity index is 765. The Balaban J connectivity index is 2.56. The van der Waals surface area contributed by atoms with Gasteiger partial charge in [-0.2, -0.15) is 5.26 Å². The van der Waals surface area contributed by atoms with Gasteiger partial charge in [-0.3, -0.25) is 4.79 Å².